The van der Waals surface area contributed by atoms with Crippen LogP contribution in [0.15, 0.2) is 220 Å². The minimum absolute atomic E-state index is 0.0604. The summed E-state index contributed by atoms with van der Waals surface area (Å²) in [5.41, 5.74) is -2.72. The van der Waals surface area contributed by atoms with Gasteiger partial charge in [0.15, 0.2) is 45.0 Å². The lowest BCUT2D eigenvalue weighted by molar-refractivity contribution is -0.0500. The van der Waals surface area contributed by atoms with Gasteiger partial charge in [-0.1, -0.05) is 170 Å². The van der Waals surface area contributed by atoms with E-state index in [1.807, 2.05) is 167 Å². The van der Waals surface area contributed by atoms with Gasteiger partial charge in [-0.2, -0.15) is 21.6 Å². The van der Waals surface area contributed by atoms with Gasteiger partial charge in [-0.25, -0.2) is 63.8 Å². The van der Waals surface area contributed by atoms with Crippen molar-refractivity contribution in [1.82, 2.24) is 69.4 Å². The van der Waals surface area contributed by atoms with Crippen LogP contribution in [0.3, 0.4) is 0 Å². The first-order valence-corrected chi connectivity index (χ1v) is 44.3. The third-order valence-corrected chi connectivity index (χ3v) is 20.7. The number of pyridine rings is 4. The molecule has 0 fully saturated rings. The number of fused-ring (bicyclic) bond motifs is 4. The normalized spacial score (nSPS) is 11.3. The van der Waals surface area contributed by atoms with Crippen molar-refractivity contribution in [3.8, 4) is 11.5 Å². The third kappa shape index (κ3) is 25.9. The molecule has 8 aromatic heterocycles. The molecule has 42 heteroatoms. The van der Waals surface area contributed by atoms with Crippen molar-refractivity contribution in [1.29, 1.82) is 0 Å². The van der Waals surface area contributed by atoms with E-state index in [4.69, 9.17) is 43.0 Å². The zero-order valence-electron chi connectivity index (χ0n) is 77.3. The molecular weight excluding hydrogens is 1820 g/mol. The number of nitrogens with one attached hydrogen (secondary N) is 4. The topological polar surface area (TPSA) is 471 Å². The Bertz CT molecular complexity index is 7130. The highest BCUT2D eigenvalue weighted by Gasteiger charge is 2.50. The Labute approximate surface area is 787 Å². The van der Waals surface area contributed by atoms with Crippen LogP contribution < -0.4 is 67.0 Å². The molecule has 0 unspecified atom stereocenters. The van der Waals surface area contributed by atoms with Crippen molar-refractivity contribution in [3.63, 3.8) is 0 Å². The first kappa shape index (κ1) is 102. The lowest BCUT2D eigenvalue weighted by Crippen LogP contribution is -2.35. The molecule has 0 aliphatic heterocycles. The molecule has 0 saturated carbocycles. The van der Waals surface area contributed by atoms with Crippen LogP contribution in [0, 0.1) is 27.7 Å². The van der Waals surface area contributed by atoms with Gasteiger partial charge in [-0.3, -0.25) is 19.2 Å². The first-order valence-electron chi connectivity index (χ1n) is 42.8. The lowest BCUT2D eigenvalue weighted by Gasteiger charge is -2.21. The zero-order chi connectivity index (χ0) is 99.8. The summed E-state index contributed by atoms with van der Waals surface area (Å²) in [6.07, 6.45) is 3.97. The molecule has 8 heterocycles. The SMILES string of the molecule is CCOC(=O)c1c(NCc2ccccc2CNC(=O)OC(C)(C)C)c2c(C)ncnc2n(OCc2ccccc2)c1=O.CCOC(=O)c1c(O)c2c(C)ncnc2n(OCc2ccccc2)c1=O.CCOC(=O)c1c(OS(=O)(=O)C(F)(F)F)c2c(C)ncnc2n(OCc2ccccc2)c1=O.Cc1ncnc2c1c(NCc1ccccc1CNC(=O)OC(C)(C)C)cc(=O)n2OCc1ccccc1. The van der Waals surface area contributed by atoms with E-state index >= 15 is 0 Å². The molecule has 138 heavy (non-hydrogen) atoms. The first-order chi connectivity index (χ1) is 65.8. The summed E-state index contributed by atoms with van der Waals surface area (Å²) in [4.78, 5) is 171. The zero-order valence-corrected chi connectivity index (χ0v) is 78.1. The fourth-order valence-electron chi connectivity index (χ4n) is 13.4. The van der Waals surface area contributed by atoms with Crippen molar-refractivity contribution < 1.29 is 97.9 Å². The van der Waals surface area contributed by atoms with Crippen molar-refractivity contribution in [2.75, 3.05) is 30.5 Å². The number of hydrogen-bond donors (Lipinski definition) is 5. The number of benzene rings is 6. The number of alkyl carbamates (subject to hydrolysis) is 2. The number of aryl methyl sites for hydroxylation is 4. The second-order valence-electron chi connectivity index (χ2n) is 31.9. The second-order valence-corrected chi connectivity index (χ2v) is 33.5. The number of nitrogens with zero attached hydrogens (tertiary/aromatic N) is 12. The van der Waals surface area contributed by atoms with Crippen LogP contribution in [0.5, 0.6) is 11.5 Å². The number of aromatic hydroxyl groups is 1. The average Bonchev–Trinajstić information content (AvgIpc) is 0.741. The van der Waals surface area contributed by atoms with Crippen LogP contribution in [-0.2, 0) is 86.4 Å². The van der Waals surface area contributed by atoms with E-state index in [1.165, 1.54) is 43.6 Å². The number of rotatable bonds is 30. The van der Waals surface area contributed by atoms with Crippen molar-refractivity contribution in [2.45, 2.75) is 159 Å². The maximum absolute atomic E-state index is 13.8. The highest BCUT2D eigenvalue weighted by molar-refractivity contribution is 7.88. The molecule has 0 aliphatic rings. The van der Waals surface area contributed by atoms with Crippen molar-refractivity contribution in [2.24, 2.45) is 0 Å². The fraction of sp³-hybridized carbons (Fsp3) is 0.281. The molecule has 14 aromatic rings. The molecular formula is C96H99F3N16O22S. The number of ether oxygens (including phenoxy) is 5. The largest absolute Gasteiger partial charge is 0.534 e. The van der Waals surface area contributed by atoms with E-state index < -0.39 is 107 Å². The Morgan fingerprint density at radius 1 is 0.391 bits per heavy atom. The number of halogens is 3. The van der Waals surface area contributed by atoms with E-state index in [9.17, 15) is 69.8 Å². The maximum atomic E-state index is 13.8. The molecule has 6 aromatic carbocycles. The monoisotopic (exact) mass is 1920 g/mol. The van der Waals surface area contributed by atoms with Crippen LogP contribution in [0.25, 0.3) is 44.1 Å². The predicted octanol–water partition coefficient (Wildman–Crippen LogP) is 12.7. The van der Waals surface area contributed by atoms with Crippen LogP contribution in [-0.4, -0.2) is 139 Å². The molecule has 0 spiro atoms. The van der Waals surface area contributed by atoms with Gasteiger partial charge in [0.1, 0.15) is 68.7 Å². The number of aromatic nitrogens is 12. The molecule has 0 radical (unpaired) electrons. The van der Waals surface area contributed by atoms with E-state index in [-0.39, 0.29) is 98.5 Å². The van der Waals surface area contributed by atoms with Gasteiger partial charge in [0, 0.05) is 32.2 Å². The number of amides is 2. The summed E-state index contributed by atoms with van der Waals surface area (Å²) in [6.45, 7) is 23.3. The highest BCUT2D eigenvalue weighted by atomic mass is 32.2. The van der Waals surface area contributed by atoms with Crippen molar-refractivity contribution in [3.05, 3.63) is 327 Å². The lowest BCUT2D eigenvalue weighted by atomic mass is 10.1. The number of carbonyl (C=O) groups excluding carboxylic acids is 5. The number of hydrogen-bond acceptors (Lipinski definition) is 32. The molecule has 0 atom stereocenters. The maximum Gasteiger partial charge on any atom is 0.534 e. The summed E-state index contributed by atoms with van der Waals surface area (Å²) in [5.74, 6) is -4.87. The predicted molar refractivity (Wildman–Crippen MR) is 500 cm³/mol. The molecule has 0 bridgehead atoms. The molecule has 38 nitrogen and oxygen atoms in total. The third-order valence-electron chi connectivity index (χ3n) is 19.7. The van der Waals surface area contributed by atoms with Gasteiger partial charge >= 0.3 is 62.4 Å². The number of alkyl halides is 3. The van der Waals surface area contributed by atoms with E-state index in [0.717, 1.165) is 54.7 Å². The molecule has 2 amide bonds. The Morgan fingerprint density at radius 3 is 1.09 bits per heavy atom. The Morgan fingerprint density at radius 2 is 0.703 bits per heavy atom. The summed E-state index contributed by atoms with van der Waals surface area (Å²) in [7, 11) is -6.27. The van der Waals surface area contributed by atoms with Gasteiger partial charge in [0.05, 0.1) is 75.5 Å². The summed E-state index contributed by atoms with van der Waals surface area (Å²) in [5, 5.41) is 23.5. The smallest absolute Gasteiger partial charge is 0.506 e. The Balaban J connectivity index is 0.000000179. The van der Waals surface area contributed by atoms with E-state index in [2.05, 4.69) is 65.3 Å². The van der Waals surface area contributed by atoms with E-state index in [0.29, 0.717) is 62.6 Å². The quantitative estimate of drug-likeness (QED) is 0.0121. The minimum atomic E-state index is -6.27. The number of carbonyl (C=O) groups is 5. The molecule has 5 N–H and O–H groups in total. The second kappa shape index (κ2) is 46.0. The summed E-state index contributed by atoms with van der Waals surface area (Å²) >= 11 is 0. The summed E-state index contributed by atoms with van der Waals surface area (Å²) < 4.78 is 96.1. The Hall–Kier alpha value is -16.4. The minimum Gasteiger partial charge on any atom is -0.506 e. The molecule has 0 aliphatic carbocycles. The number of anilines is 2. The van der Waals surface area contributed by atoms with Gasteiger partial charge < -0.3 is 73.6 Å². The average molecular weight is 1920 g/mol. The van der Waals surface area contributed by atoms with Crippen LogP contribution in [0.2, 0.25) is 0 Å². The van der Waals surface area contributed by atoms with Gasteiger partial charge in [0.25, 0.3) is 5.56 Å². The summed E-state index contributed by atoms with van der Waals surface area (Å²) in [6, 6.07) is 53.4. The molecule has 722 valence electrons. The molecule has 14 rings (SSSR count). The van der Waals surface area contributed by atoms with Gasteiger partial charge in [-0.05, 0) is 135 Å². The Kier molecular flexibility index (Phi) is 34.0. The van der Waals surface area contributed by atoms with Gasteiger partial charge in [-0.15, -0.1) is 18.9 Å². The number of esters is 3. The molecule has 0 saturated heterocycles. The fourth-order valence-corrected chi connectivity index (χ4v) is 13.9. The van der Waals surface area contributed by atoms with Crippen LogP contribution in [0.4, 0.5) is 34.1 Å². The van der Waals surface area contributed by atoms with Crippen molar-refractivity contribution >= 4 is 95.7 Å². The van der Waals surface area contributed by atoms with Crippen LogP contribution in [0.1, 0.15) is 161 Å². The van der Waals surface area contributed by atoms with Crippen LogP contribution >= 0.6 is 0 Å². The standard InChI is InChI=1S/C31H35N5O6.C28H31N5O4.C19H16F3N3O7S.C18H17N3O5/c1-6-40-29(38)25-26(32-16-22-14-10-11-15-23(22)17-33-30(39)42-31(3,4)5)24-20(2)34-19-35-27(24)36(28(25)37)41-18-21-12-8-7-9-13-21;1-19-25-23(29-15-21-12-8-9-13-22(21)16-30-27(35)37-28(2,3)4)14-24(34)33(26(25)32-18-31-19)36-17-20-10-6-5-7-11-20;1-3-30-18(27)14-15(32-33(28,29)19(20,21)22)13-11(2)23-10-24-16(13)25(17(14)26)31-9-12-7-5-4-6-8-12;1-3-25-18(24)14-15(22)13-11(2)19-10-20-16(13)21(17(14)23)26-9-12-7-5-4-6-8-12/h7-15,19,32H,6,16-18H2,1-5H3,(H,33,39);5-14,18,29H,15-17H2,1-4H3,(H,30,35);4-8,10H,3,9H2,1-2H3;4-8,10,22H,3,9H2,1-2H3. The highest BCUT2D eigenvalue weighted by Crippen LogP contribution is 2.36. The van der Waals surface area contributed by atoms with Gasteiger partial charge in [0.2, 0.25) is 0 Å². The van der Waals surface area contributed by atoms with E-state index in [1.54, 1.807) is 78.8 Å².